The Kier molecular flexibility index (Phi) is 3.04. The first kappa shape index (κ1) is 11.7. The van der Waals surface area contributed by atoms with Gasteiger partial charge in [-0.25, -0.2) is 4.99 Å². The van der Waals surface area contributed by atoms with Crippen LogP contribution in [0.3, 0.4) is 0 Å². The first-order chi connectivity index (χ1) is 8.72. The minimum absolute atomic E-state index is 0.0862. The highest BCUT2D eigenvalue weighted by atomic mass is 79.9. The number of hydrogen-bond acceptors (Lipinski definition) is 2. The van der Waals surface area contributed by atoms with E-state index in [4.69, 9.17) is 0 Å². The van der Waals surface area contributed by atoms with Crippen LogP contribution in [-0.4, -0.2) is 11.7 Å². The lowest BCUT2D eigenvalue weighted by molar-refractivity contribution is -0.115. The van der Waals surface area contributed by atoms with Gasteiger partial charge in [0.2, 0.25) is 0 Å². The van der Waals surface area contributed by atoms with E-state index < -0.39 is 0 Å². The Bertz CT molecular complexity index is 559. The van der Waals surface area contributed by atoms with Crippen molar-refractivity contribution in [3.05, 3.63) is 40.0 Å². The Morgan fingerprint density at radius 3 is 2.89 bits per heavy atom. The second-order valence-electron chi connectivity index (χ2n) is 4.66. The van der Waals surface area contributed by atoms with E-state index in [1.807, 2.05) is 30.3 Å². The number of nitrogens with one attached hydrogen (secondary N) is 1. The van der Waals surface area contributed by atoms with Crippen LogP contribution in [0.1, 0.15) is 24.8 Å². The standard InChI is InChI=1S/C14H13BrN2O/c15-11-6-1-3-9(7-11)8-12-14(18)17-13(16-12)10-4-2-5-10/h1,3,6-8,10H,2,4-5H2,(H,16,17,18)/b12-8+. The van der Waals surface area contributed by atoms with Crippen LogP contribution in [0.2, 0.25) is 0 Å². The summed E-state index contributed by atoms with van der Waals surface area (Å²) in [5.74, 6) is 1.23. The highest BCUT2D eigenvalue weighted by molar-refractivity contribution is 9.10. The number of aliphatic imine (C=N–C) groups is 1. The lowest BCUT2D eigenvalue weighted by Gasteiger charge is -2.24. The van der Waals surface area contributed by atoms with Crippen molar-refractivity contribution < 1.29 is 4.79 Å². The average Bonchev–Trinajstić information content (AvgIpc) is 2.57. The van der Waals surface area contributed by atoms with Gasteiger partial charge < -0.3 is 5.32 Å². The number of carbonyl (C=O) groups excluding carboxylic acids is 1. The summed E-state index contributed by atoms with van der Waals surface area (Å²) in [5, 5.41) is 2.87. The predicted molar refractivity (Wildman–Crippen MR) is 75.0 cm³/mol. The number of nitrogens with zero attached hydrogens (tertiary/aromatic N) is 1. The molecule has 1 aliphatic carbocycles. The van der Waals surface area contributed by atoms with Crippen molar-refractivity contribution in [3.8, 4) is 0 Å². The summed E-state index contributed by atoms with van der Waals surface area (Å²) in [6.45, 7) is 0. The molecule has 1 amide bonds. The third-order valence-electron chi connectivity index (χ3n) is 3.36. The van der Waals surface area contributed by atoms with E-state index in [0.29, 0.717) is 11.6 Å². The average molecular weight is 305 g/mol. The molecule has 0 spiro atoms. The summed E-state index contributed by atoms with van der Waals surface area (Å²) in [7, 11) is 0. The topological polar surface area (TPSA) is 41.5 Å². The van der Waals surface area contributed by atoms with Gasteiger partial charge in [-0.3, -0.25) is 4.79 Å². The second-order valence-corrected chi connectivity index (χ2v) is 5.58. The van der Waals surface area contributed by atoms with Gasteiger partial charge in [0.15, 0.2) is 0 Å². The Morgan fingerprint density at radius 2 is 2.22 bits per heavy atom. The van der Waals surface area contributed by atoms with Gasteiger partial charge in [0.05, 0.1) is 0 Å². The largest absolute Gasteiger partial charge is 0.308 e. The van der Waals surface area contributed by atoms with Gasteiger partial charge in [0, 0.05) is 10.4 Å². The van der Waals surface area contributed by atoms with E-state index in [-0.39, 0.29) is 5.91 Å². The zero-order chi connectivity index (χ0) is 12.5. The Hall–Kier alpha value is -1.42. The molecule has 0 unspecified atom stereocenters. The Labute approximate surface area is 114 Å². The van der Waals surface area contributed by atoms with Crippen molar-refractivity contribution in [1.29, 1.82) is 0 Å². The number of amidine groups is 1. The van der Waals surface area contributed by atoms with E-state index >= 15 is 0 Å². The van der Waals surface area contributed by atoms with E-state index in [1.54, 1.807) is 0 Å². The fraction of sp³-hybridized carbons (Fsp3) is 0.286. The molecule has 92 valence electrons. The molecule has 0 saturated heterocycles. The zero-order valence-corrected chi connectivity index (χ0v) is 11.4. The first-order valence-corrected chi connectivity index (χ1v) is 6.89. The number of carbonyl (C=O) groups is 1. The normalized spacial score (nSPS) is 21.7. The summed E-state index contributed by atoms with van der Waals surface area (Å²) in [6.07, 6.45) is 5.35. The molecule has 1 fully saturated rings. The number of hydrogen-bond donors (Lipinski definition) is 1. The van der Waals surface area contributed by atoms with Gasteiger partial charge >= 0.3 is 0 Å². The molecule has 1 heterocycles. The molecule has 0 bridgehead atoms. The van der Waals surface area contributed by atoms with Gasteiger partial charge in [-0.15, -0.1) is 0 Å². The van der Waals surface area contributed by atoms with E-state index in [1.165, 1.54) is 6.42 Å². The van der Waals surface area contributed by atoms with Crippen molar-refractivity contribution in [2.75, 3.05) is 0 Å². The van der Waals surface area contributed by atoms with Crippen LogP contribution in [-0.2, 0) is 4.79 Å². The maximum Gasteiger partial charge on any atom is 0.275 e. The molecule has 1 aliphatic heterocycles. The van der Waals surface area contributed by atoms with E-state index in [0.717, 1.165) is 28.7 Å². The monoisotopic (exact) mass is 304 g/mol. The minimum Gasteiger partial charge on any atom is -0.308 e. The molecule has 0 radical (unpaired) electrons. The van der Waals surface area contributed by atoms with Gasteiger partial charge in [-0.05, 0) is 36.6 Å². The van der Waals surface area contributed by atoms with Gasteiger partial charge in [-0.2, -0.15) is 0 Å². The van der Waals surface area contributed by atoms with Crippen molar-refractivity contribution >= 4 is 33.7 Å². The number of rotatable bonds is 2. The summed E-state index contributed by atoms with van der Waals surface area (Å²) < 4.78 is 0.999. The third-order valence-corrected chi connectivity index (χ3v) is 3.85. The lowest BCUT2D eigenvalue weighted by Crippen LogP contribution is -2.33. The molecule has 0 atom stereocenters. The molecule has 1 aromatic rings. The molecule has 1 aromatic carbocycles. The smallest absolute Gasteiger partial charge is 0.275 e. The van der Waals surface area contributed by atoms with Gasteiger partial charge in [0.25, 0.3) is 5.91 Å². The lowest BCUT2D eigenvalue weighted by atomic mass is 9.84. The van der Waals surface area contributed by atoms with Crippen molar-refractivity contribution in [3.63, 3.8) is 0 Å². The van der Waals surface area contributed by atoms with E-state index in [2.05, 4.69) is 26.2 Å². The summed E-state index contributed by atoms with van der Waals surface area (Å²) in [4.78, 5) is 16.2. The summed E-state index contributed by atoms with van der Waals surface area (Å²) in [5.41, 5.74) is 1.49. The van der Waals surface area contributed by atoms with Crippen molar-refractivity contribution in [1.82, 2.24) is 5.32 Å². The van der Waals surface area contributed by atoms with Crippen LogP contribution in [0.15, 0.2) is 39.4 Å². The predicted octanol–water partition coefficient (Wildman–Crippen LogP) is 3.12. The fourth-order valence-electron chi connectivity index (χ4n) is 2.12. The van der Waals surface area contributed by atoms with Gasteiger partial charge in [-0.1, -0.05) is 34.5 Å². The maximum atomic E-state index is 11.8. The molecule has 0 aromatic heterocycles. The van der Waals surface area contributed by atoms with Crippen molar-refractivity contribution in [2.24, 2.45) is 10.9 Å². The van der Waals surface area contributed by atoms with Crippen LogP contribution < -0.4 is 5.32 Å². The molecule has 18 heavy (non-hydrogen) atoms. The van der Waals surface area contributed by atoms with Crippen LogP contribution in [0.25, 0.3) is 6.08 Å². The molecule has 1 saturated carbocycles. The zero-order valence-electron chi connectivity index (χ0n) is 9.82. The van der Waals surface area contributed by atoms with Crippen LogP contribution in [0.4, 0.5) is 0 Å². The molecule has 3 nitrogen and oxygen atoms in total. The second kappa shape index (κ2) is 4.69. The van der Waals surface area contributed by atoms with Gasteiger partial charge in [0.1, 0.15) is 11.5 Å². The van der Waals surface area contributed by atoms with E-state index in [9.17, 15) is 4.79 Å². The number of benzene rings is 1. The van der Waals surface area contributed by atoms with Crippen LogP contribution >= 0.6 is 15.9 Å². The molecular weight excluding hydrogens is 292 g/mol. The van der Waals surface area contributed by atoms with Crippen molar-refractivity contribution in [2.45, 2.75) is 19.3 Å². The first-order valence-electron chi connectivity index (χ1n) is 6.09. The molecule has 2 aliphatic rings. The Morgan fingerprint density at radius 1 is 1.39 bits per heavy atom. The minimum atomic E-state index is -0.0862. The Balaban J connectivity index is 1.87. The molecular formula is C14H13BrN2O. The van der Waals surface area contributed by atoms with Crippen LogP contribution in [0.5, 0.6) is 0 Å². The molecule has 1 N–H and O–H groups in total. The summed E-state index contributed by atoms with van der Waals surface area (Å²) >= 11 is 3.42. The quantitative estimate of drug-likeness (QED) is 0.838. The summed E-state index contributed by atoms with van der Waals surface area (Å²) in [6, 6.07) is 7.83. The molecule has 3 rings (SSSR count). The number of amides is 1. The highest BCUT2D eigenvalue weighted by Gasteiger charge is 2.30. The number of halogens is 1. The fourth-order valence-corrected chi connectivity index (χ4v) is 2.53. The van der Waals surface area contributed by atoms with Crippen LogP contribution in [0, 0.1) is 5.92 Å². The highest BCUT2D eigenvalue weighted by Crippen LogP contribution is 2.29. The maximum absolute atomic E-state index is 11.8. The third kappa shape index (κ3) is 2.25. The molecule has 4 heteroatoms. The SMILES string of the molecule is O=C1NC(C2CCC2)=N/C1=C/c1cccc(Br)c1.